The number of carbonyl (C=O) groups is 1. The molecule has 30 heavy (non-hydrogen) atoms. The molecule has 1 saturated heterocycles. The number of fused-ring (bicyclic) bond motifs is 1. The van der Waals surface area contributed by atoms with Gasteiger partial charge in [-0.15, -0.1) is 0 Å². The fourth-order valence-electron chi connectivity index (χ4n) is 3.96. The molecule has 2 aliphatic heterocycles. The number of hydrogen-bond acceptors (Lipinski definition) is 5. The average Bonchev–Trinajstić information content (AvgIpc) is 2.70. The number of methoxy groups -OCH3 is 1. The van der Waals surface area contributed by atoms with E-state index in [9.17, 15) is 18.0 Å². The van der Waals surface area contributed by atoms with Gasteiger partial charge in [0.2, 0.25) is 0 Å². The van der Waals surface area contributed by atoms with Crippen LogP contribution in [0.5, 0.6) is 5.75 Å². The zero-order valence-corrected chi connectivity index (χ0v) is 16.8. The van der Waals surface area contributed by atoms with Crippen LogP contribution in [0.25, 0.3) is 0 Å². The standard InChI is InChI=1S/C22H23F3N2O3/c1-3-16-13-30-20-9-15(22(23,24)25)7-8-19(20)27(16)18-6-4-5-17(10-18)26-11-14(12-26)21(28)29-2/h4-10,14,16H,3,11-13H2,1-2H3. The second-order valence-electron chi connectivity index (χ2n) is 7.57. The van der Waals surface area contributed by atoms with E-state index in [1.165, 1.54) is 13.2 Å². The number of nitrogens with zero attached hydrogens (tertiary/aromatic N) is 2. The van der Waals surface area contributed by atoms with Crippen molar-refractivity contribution in [3.8, 4) is 5.75 Å². The lowest BCUT2D eigenvalue weighted by Crippen LogP contribution is -2.51. The molecule has 160 valence electrons. The highest BCUT2D eigenvalue weighted by molar-refractivity contribution is 5.78. The fraction of sp³-hybridized carbons (Fsp3) is 0.409. The number of rotatable bonds is 4. The van der Waals surface area contributed by atoms with Gasteiger partial charge in [-0.3, -0.25) is 4.79 Å². The van der Waals surface area contributed by atoms with Crippen LogP contribution in [0.4, 0.5) is 30.2 Å². The molecule has 1 atom stereocenters. The number of alkyl halides is 3. The number of halogens is 3. The lowest BCUT2D eigenvalue weighted by molar-refractivity contribution is -0.146. The van der Waals surface area contributed by atoms with Crippen molar-refractivity contribution in [2.45, 2.75) is 25.6 Å². The minimum Gasteiger partial charge on any atom is -0.489 e. The molecule has 2 aromatic rings. The van der Waals surface area contributed by atoms with Crippen LogP contribution >= 0.6 is 0 Å². The monoisotopic (exact) mass is 420 g/mol. The Morgan fingerprint density at radius 2 is 1.90 bits per heavy atom. The third-order valence-electron chi connectivity index (χ3n) is 5.70. The van der Waals surface area contributed by atoms with E-state index in [2.05, 4.69) is 4.90 Å². The van der Waals surface area contributed by atoms with Gasteiger partial charge in [-0.25, -0.2) is 0 Å². The van der Waals surface area contributed by atoms with Crippen molar-refractivity contribution in [3.63, 3.8) is 0 Å². The van der Waals surface area contributed by atoms with E-state index in [4.69, 9.17) is 9.47 Å². The van der Waals surface area contributed by atoms with E-state index in [0.29, 0.717) is 25.4 Å². The van der Waals surface area contributed by atoms with Crippen LogP contribution in [0.2, 0.25) is 0 Å². The molecule has 0 radical (unpaired) electrons. The van der Waals surface area contributed by atoms with Gasteiger partial charge in [-0.2, -0.15) is 13.2 Å². The van der Waals surface area contributed by atoms with Crippen molar-refractivity contribution >= 4 is 23.0 Å². The molecule has 1 unspecified atom stereocenters. The summed E-state index contributed by atoms with van der Waals surface area (Å²) in [6.45, 7) is 3.50. The smallest absolute Gasteiger partial charge is 0.416 e. The van der Waals surface area contributed by atoms with Gasteiger partial charge < -0.3 is 19.3 Å². The first-order valence-corrected chi connectivity index (χ1v) is 9.88. The Kier molecular flexibility index (Phi) is 5.26. The molecule has 0 N–H and O–H groups in total. The Morgan fingerprint density at radius 3 is 2.57 bits per heavy atom. The normalized spacial score (nSPS) is 19.0. The van der Waals surface area contributed by atoms with Crippen molar-refractivity contribution in [1.29, 1.82) is 0 Å². The third kappa shape index (κ3) is 3.66. The van der Waals surface area contributed by atoms with Crippen LogP contribution in [0.3, 0.4) is 0 Å². The predicted molar refractivity (Wildman–Crippen MR) is 107 cm³/mol. The van der Waals surface area contributed by atoms with Crippen LogP contribution in [0, 0.1) is 5.92 Å². The maximum atomic E-state index is 13.1. The second-order valence-corrected chi connectivity index (χ2v) is 7.57. The third-order valence-corrected chi connectivity index (χ3v) is 5.70. The summed E-state index contributed by atoms with van der Waals surface area (Å²) in [5.41, 5.74) is 1.74. The second kappa shape index (κ2) is 7.74. The molecule has 0 bridgehead atoms. The van der Waals surface area contributed by atoms with Gasteiger partial charge in [-0.05, 0) is 42.8 Å². The zero-order valence-electron chi connectivity index (χ0n) is 16.8. The molecule has 2 aliphatic rings. The highest BCUT2D eigenvalue weighted by Gasteiger charge is 2.36. The lowest BCUT2D eigenvalue weighted by atomic mass is 9.99. The first kappa shape index (κ1) is 20.4. The Hall–Kier alpha value is -2.90. The molecule has 5 nitrogen and oxygen atoms in total. The summed E-state index contributed by atoms with van der Waals surface area (Å²) >= 11 is 0. The lowest BCUT2D eigenvalue weighted by Gasteiger charge is -2.41. The highest BCUT2D eigenvalue weighted by Crippen LogP contribution is 2.44. The molecule has 8 heteroatoms. The average molecular weight is 420 g/mol. The van der Waals surface area contributed by atoms with Gasteiger partial charge in [0.25, 0.3) is 0 Å². The summed E-state index contributed by atoms with van der Waals surface area (Å²) in [7, 11) is 1.39. The van der Waals surface area contributed by atoms with Crippen LogP contribution in [-0.2, 0) is 15.7 Å². The summed E-state index contributed by atoms with van der Waals surface area (Å²) in [6, 6.07) is 11.5. The minimum atomic E-state index is -4.42. The number of hydrogen-bond donors (Lipinski definition) is 0. The van der Waals surface area contributed by atoms with Crippen molar-refractivity contribution in [3.05, 3.63) is 48.0 Å². The molecule has 2 heterocycles. The van der Waals surface area contributed by atoms with E-state index in [1.54, 1.807) is 0 Å². The highest BCUT2D eigenvalue weighted by atomic mass is 19.4. The van der Waals surface area contributed by atoms with Crippen LogP contribution in [0.15, 0.2) is 42.5 Å². The van der Waals surface area contributed by atoms with Crippen LogP contribution < -0.4 is 14.5 Å². The summed E-state index contributed by atoms with van der Waals surface area (Å²) < 4.78 is 49.8. The molecular formula is C22H23F3N2O3. The van der Waals surface area contributed by atoms with Crippen molar-refractivity contribution in [2.75, 3.05) is 36.6 Å². The fourth-order valence-corrected chi connectivity index (χ4v) is 3.96. The van der Waals surface area contributed by atoms with E-state index < -0.39 is 11.7 Å². The van der Waals surface area contributed by atoms with Gasteiger partial charge >= 0.3 is 12.1 Å². The molecule has 1 fully saturated rings. The Morgan fingerprint density at radius 1 is 1.17 bits per heavy atom. The summed E-state index contributed by atoms with van der Waals surface area (Å²) in [4.78, 5) is 15.8. The molecular weight excluding hydrogens is 397 g/mol. The molecule has 0 amide bonds. The van der Waals surface area contributed by atoms with Gasteiger partial charge in [0.1, 0.15) is 12.4 Å². The first-order chi connectivity index (χ1) is 14.3. The van der Waals surface area contributed by atoms with E-state index >= 15 is 0 Å². The van der Waals surface area contributed by atoms with Crippen LogP contribution in [-0.4, -0.2) is 38.8 Å². The summed E-state index contributed by atoms with van der Waals surface area (Å²) in [6.07, 6.45) is -3.64. The predicted octanol–water partition coefficient (Wildman–Crippen LogP) is 4.62. The molecule has 2 aromatic carbocycles. The zero-order chi connectivity index (χ0) is 21.5. The minimum absolute atomic E-state index is 0.00342. The molecule has 0 saturated carbocycles. The number of benzene rings is 2. The van der Waals surface area contributed by atoms with Crippen molar-refractivity contribution in [2.24, 2.45) is 5.92 Å². The number of ether oxygens (including phenoxy) is 2. The van der Waals surface area contributed by atoms with Crippen molar-refractivity contribution in [1.82, 2.24) is 0 Å². The quantitative estimate of drug-likeness (QED) is 0.675. The maximum absolute atomic E-state index is 13.1. The first-order valence-electron chi connectivity index (χ1n) is 9.88. The van der Waals surface area contributed by atoms with E-state index in [-0.39, 0.29) is 23.7 Å². The van der Waals surface area contributed by atoms with Gasteiger partial charge in [-0.1, -0.05) is 13.0 Å². The van der Waals surface area contributed by atoms with E-state index in [0.717, 1.165) is 29.9 Å². The molecule has 0 spiro atoms. The SMILES string of the molecule is CCC1COc2cc(C(F)(F)F)ccc2N1c1cccc(N2CC(C(=O)OC)C2)c1. The number of anilines is 3. The summed E-state index contributed by atoms with van der Waals surface area (Å²) in [5, 5.41) is 0. The molecule has 0 aromatic heterocycles. The number of carbonyl (C=O) groups excluding carboxylic acids is 1. The number of esters is 1. The summed E-state index contributed by atoms with van der Waals surface area (Å²) in [5.74, 6) is -0.113. The largest absolute Gasteiger partial charge is 0.489 e. The van der Waals surface area contributed by atoms with Gasteiger partial charge in [0, 0.05) is 24.5 Å². The van der Waals surface area contributed by atoms with Crippen LogP contribution in [0.1, 0.15) is 18.9 Å². The Bertz CT molecular complexity index is 941. The molecule has 4 rings (SSSR count). The van der Waals surface area contributed by atoms with Gasteiger partial charge in [0.05, 0.1) is 30.3 Å². The molecule has 0 aliphatic carbocycles. The van der Waals surface area contributed by atoms with Crippen molar-refractivity contribution < 1.29 is 27.4 Å². The maximum Gasteiger partial charge on any atom is 0.416 e. The Balaban J connectivity index is 1.64. The topological polar surface area (TPSA) is 42.0 Å². The van der Waals surface area contributed by atoms with E-state index in [1.807, 2.05) is 36.1 Å². The Labute approximate surface area is 173 Å². The van der Waals surface area contributed by atoms with Gasteiger partial charge in [0.15, 0.2) is 0 Å².